The van der Waals surface area contributed by atoms with Crippen LogP contribution in [0.5, 0.6) is 5.75 Å². The normalized spacial score (nSPS) is 18.4. The first-order valence-electron chi connectivity index (χ1n) is 10.2. The van der Waals surface area contributed by atoms with E-state index in [0.29, 0.717) is 30.8 Å². The molecule has 2 amide bonds. The Morgan fingerprint density at radius 2 is 1.66 bits per heavy atom. The SMILES string of the molecule is COCCCN1C(=O)C(c2ccc(OC(C)C)cc2)=C(N2CCN(C)CC2)C1=O. The number of benzene rings is 1. The highest BCUT2D eigenvalue weighted by Gasteiger charge is 2.41. The predicted octanol–water partition coefficient (Wildman–Crippen LogP) is 1.84. The molecule has 1 aromatic rings. The first kappa shape index (κ1) is 21.3. The highest BCUT2D eigenvalue weighted by Crippen LogP contribution is 2.33. The zero-order valence-corrected chi connectivity index (χ0v) is 17.8. The molecule has 0 N–H and O–H groups in total. The van der Waals surface area contributed by atoms with E-state index in [9.17, 15) is 9.59 Å². The van der Waals surface area contributed by atoms with Crippen LogP contribution in [0.3, 0.4) is 0 Å². The molecule has 2 heterocycles. The van der Waals surface area contributed by atoms with Crippen molar-refractivity contribution in [1.29, 1.82) is 0 Å². The van der Waals surface area contributed by atoms with E-state index in [1.807, 2.05) is 38.1 Å². The van der Waals surface area contributed by atoms with E-state index < -0.39 is 0 Å². The molecule has 1 saturated heterocycles. The Morgan fingerprint density at radius 1 is 1.00 bits per heavy atom. The Balaban J connectivity index is 1.92. The molecule has 1 aromatic carbocycles. The van der Waals surface area contributed by atoms with Crippen LogP contribution < -0.4 is 4.74 Å². The van der Waals surface area contributed by atoms with E-state index in [2.05, 4.69) is 16.8 Å². The third-order valence-corrected chi connectivity index (χ3v) is 5.21. The molecule has 0 saturated carbocycles. The molecule has 1 fully saturated rings. The highest BCUT2D eigenvalue weighted by molar-refractivity contribution is 6.35. The Morgan fingerprint density at radius 3 is 2.24 bits per heavy atom. The maximum atomic E-state index is 13.2. The van der Waals surface area contributed by atoms with Crippen LogP contribution >= 0.6 is 0 Å². The summed E-state index contributed by atoms with van der Waals surface area (Å²) in [4.78, 5) is 32.1. The number of carbonyl (C=O) groups excluding carboxylic acids is 2. The van der Waals surface area contributed by atoms with E-state index in [0.717, 1.165) is 37.5 Å². The van der Waals surface area contributed by atoms with Crippen molar-refractivity contribution in [2.75, 3.05) is 53.5 Å². The van der Waals surface area contributed by atoms with Crippen molar-refractivity contribution in [3.8, 4) is 5.75 Å². The second kappa shape index (κ2) is 9.41. The van der Waals surface area contributed by atoms with E-state index in [4.69, 9.17) is 9.47 Å². The minimum absolute atomic E-state index is 0.0759. The maximum Gasteiger partial charge on any atom is 0.277 e. The molecule has 0 radical (unpaired) electrons. The molecule has 7 heteroatoms. The van der Waals surface area contributed by atoms with Crippen LogP contribution in [-0.4, -0.2) is 86.1 Å². The number of rotatable bonds is 8. The molecular formula is C22H31N3O4. The van der Waals surface area contributed by atoms with E-state index in [-0.39, 0.29) is 17.9 Å². The van der Waals surface area contributed by atoms with Crippen molar-refractivity contribution in [3.63, 3.8) is 0 Å². The van der Waals surface area contributed by atoms with Crippen molar-refractivity contribution in [3.05, 3.63) is 35.5 Å². The zero-order valence-electron chi connectivity index (χ0n) is 17.8. The number of hydrogen-bond acceptors (Lipinski definition) is 6. The summed E-state index contributed by atoms with van der Waals surface area (Å²) in [6, 6.07) is 7.45. The van der Waals surface area contributed by atoms with E-state index in [1.54, 1.807) is 7.11 Å². The molecule has 158 valence electrons. The van der Waals surface area contributed by atoms with Crippen molar-refractivity contribution < 1.29 is 19.1 Å². The van der Waals surface area contributed by atoms with E-state index in [1.165, 1.54) is 4.90 Å². The summed E-state index contributed by atoms with van der Waals surface area (Å²) < 4.78 is 10.8. The number of nitrogens with zero attached hydrogens (tertiary/aromatic N) is 3. The highest BCUT2D eigenvalue weighted by atomic mass is 16.5. The van der Waals surface area contributed by atoms with Gasteiger partial charge in [0, 0.05) is 46.4 Å². The van der Waals surface area contributed by atoms with Crippen LogP contribution in [0.1, 0.15) is 25.8 Å². The summed E-state index contributed by atoms with van der Waals surface area (Å²) in [5, 5.41) is 0. The summed E-state index contributed by atoms with van der Waals surface area (Å²) in [7, 11) is 3.69. The first-order chi connectivity index (χ1) is 13.9. The topological polar surface area (TPSA) is 62.3 Å². The molecule has 7 nitrogen and oxygen atoms in total. The number of piperazine rings is 1. The van der Waals surface area contributed by atoms with Crippen LogP contribution in [0, 0.1) is 0 Å². The molecule has 0 atom stereocenters. The third kappa shape index (κ3) is 4.79. The second-order valence-electron chi connectivity index (χ2n) is 7.81. The van der Waals surface area contributed by atoms with Crippen LogP contribution in [0.25, 0.3) is 5.57 Å². The number of ether oxygens (including phenoxy) is 2. The van der Waals surface area contributed by atoms with Gasteiger partial charge in [-0.15, -0.1) is 0 Å². The van der Waals surface area contributed by atoms with Crippen LogP contribution in [0.15, 0.2) is 30.0 Å². The summed E-state index contributed by atoms with van der Waals surface area (Å²) in [6.45, 7) is 8.01. The Hall–Kier alpha value is -2.38. The minimum atomic E-state index is -0.224. The largest absolute Gasteiger partial charge is 0.491 e. The van der Waals surface area contributed by atoms with Gasteiger partial charge in [-0.1, -0.05) is 12.1 Å². The average Bonchev–Trinajstić information content (AvgIpc) is 2.94. The molecule has 0 spiro atoms. The second-order valence-corrected chi connectivity index (χ2v) is 7.81. The smallest absolute Gasteiger partial charge is 0.277 e. The predicted molar refractivity (Wildman–Crippen MR) is 111 cm³/mol. The number of methoxy groups -OCH3 is 1. The molecule has 2 aliphatic rings. The van der Waals surface area contributed by atoms with Crippen LogP contribution in [0.4, 0.5) is 0 Å². The van der Waals surface area contributed by atoms with Gasteiger partial charge in [0.05, 0.1) is 11.7 Å². The monoisotopic (exact) mass is 401 g/mol. The summed E-state index contributed by atoms with van der Waals surface area (Å²) in [5.74, 6) is 0.324. The van der Waals surface area contributed by atoms with Crippen molar-refractivity contribution in [2.45, 2.75) is 26.4 Å². The van der Waals surface area contributed by atoms with Crippen molar-refractivity contribution in [2.24, 2.45) is 0 Å². The lowest BCUT2D eigenvalue weighted by Crippen LogP contribution is -2.46. The number of carbonyl (C=O) groups is 2. The Kier molecular flexibility index (Phi) is 6.92. The van der Waals surface area contributed by atoms with Crippen molar-refractivity contribution in [1.82, 2.24) is 14.7 Å². The lowest BCUT2D eigenvalue weighted by molar-refractivity contribution is -0.137. The molecule has 0 bridgehead atoms. The molecule has 3 rings (SSSR count). The first-order valence-corrected chi connectivity index (χ1v) is 10.2. The molecule has 0 aromatic heterocycles. The van der Waals surface area contributed by atoms with Crippen molar-refractivity contribution >= 4 is 17.4 Å². The lowest BCUT2D eigenvalue weighted by atomic mass is 10.0. The third-order valence-electron chi connectivity index (χ3n) is 5.21. The molecule has 0 aliphatic carbocycles. The standard InChI is InChI=1S/C22H31N3O4/c1-16(2)29-18-8-6-17(7-9-18)19-20(24-13-11-23(3)12-14-24)22(27)25(21(19)26)10-5-15-28-4/h6-9,16H,5,10-15H2,1-4H3. The summed E-state index contributed by atoms with van der Waals surface area (Å²) in [6.07, 6.45) is 0.699. The zero-order chi connectivity index (χ0) is 21.0. The fourth-order valence-corrected chi connectivity index (χ4v) is 3.69. The van der Waals surface area contributed by atoms with Crippen LogP contribution in [0.2, 0.25) is 0 Å². The van der Waals surface area contributed by atoms with Gasteiger partial charge in [-0.25, -0.2) is 0 Å². The van der Waals surface area contributed by atoms with Gasteiger partial charge in [-0.2, -0.15) is 0 Å². The summed E-state index contributed by atoms with van der Waals surface area (Å²) in [5.41, 5.74) is 1.77. The fraction of sp³-hybridized carbons (Fsp3) is 0.545. The number of likely N-dealkylation sites (N-methyl/N-ethyl adjacent to an activating group) is 1. The molecule has 2 aliphatic heterocycles. The molecular weight excluding hydrogens is 370 g/mol. The lowest BCUT2D eigenvalue weighted by Gasteiger charge is -2.34. The minimum Gasteiger partial charge on any atom is -0.491 e. The van der Waals surface area contributed by atoms with E-state index >= 15 is 0 Å². The van der Waals surface area contributed by atoms with Gasteiger partial charge >= 0.3 is 0 Å². The number of amides is 2. The summed E-state index contributed by atoms with van der Waals surface area (Å²) >= 11 is 0. The van der Waals surface area contributed by atoms with Gasteiger partial charge in [0.1, 0.15) is 11.4 Å². The Bertz CT molecular complexity index is 765. The average molecular weight is 402 g/mol. The molecule has 0 unspecified atom stereocenters. The quantitative estimate of drug-likeness (QED) is 0.489. The van der Waals surface area contributed by atoms with Gasteiger partial charge in [0.15, 0.2) is 0 Å². The van der Waals surface area contributed by atoms with Gasteiger partial charge in [0.25, 0.3) is 11.8 Å². The van der Waals surface area contributed by atoms with Gasteiger partial charge in [-0.05, 0) is 45.0 Å². The fourth-order valence-electron chi connectivity index (χ4n) is 3.69. The van der Waals surface area contributed by atoms with Gasteiger partial charge in [0.2, 0.25) is 0 Å². The number of hydrogen-bond donors (Lipinski definition) is 0. The van der Waals surface area contributed by atoms with Crippen LogP contribution in [-0.2, 0) is 14.3 Å². The molecule has 29 heavy (non-hydrogen) atoms. The maximum absolute atomic E-state index is 13.2. The van der Waals surface area contributed by atoms with Gasteiger partial charge < -0.3 is 19.3 Å². The van der Waals surface area contributed by atoms with Gasteiger partial charge in [-0.3, -0.25) is 14.5 Å². The number of imide groups is 1. The Labute approximate surface area is 172 Å².